The first-order chi connectivity index (χ1) is 12.5. The number of methoxy groups -OCH3 is 1. The number of rotatable bonds is 10. The van der Waals surface area contributed by atoms with Gasteiger partial charge in [0, 0.05) is 19.7 Å². The van der Waals surface area contributed by atoms with Crippen LogP contribution in [0.4, 0.5) is 0 Å². The lowest BCUT2D eigenvalue weighted by atomic mass is 10.2. The molecule has 0 saturated heterocycles. The van der Waals surface area contributed by atoms with Crippen LogP contribution in [0.5, 0.6) is 5.75 Å². The highest BCUT2D eigenvalue weighted by Crippen LogP contribution is 2.21. The Labute approximate surface area is 156 Å². The summed E-state index contributed by atoms with van der Waals surface area (Å²) in [6, 6.07) is 14.3. The third kappa shape index (κ3) is 5.56. The number of unbranched alkanes of at least 4 members (excludes halogenated alkanes) is 2. The molecule has 0 aliphatic rings. The fourth-order valence-corrected chi connectivity index (χ4v) is 4.12. The van der Waals surface area contributed by atoms with Crippen molar-refractivity contribution in [3.63, 3.8) is 0 Å². The zero-order valence-electron chi connectivity index (χ0n) is 15.4. The standard InChI is InChI=1S/C20H27NO4S/c1-17-6-12-20(13-7-17)26(23,24)21(14-4-3-5-15-22)16-18-8-10-19(25-2)11-9-18/h6-13,22H,3-5,14-16H2,1-2H3. The Morgan fingerprint density at radius 1 is 0.962 bits per heavy atom. The summed E-state index contributed by atoms with van der Waals surface area (Å²) >= 11 is 0. The highest BCUT2D eigenvalue weighted by atomic mass is 32.2. The second-order valence-corrected chi connectivity index (χ2v) is 8.22. The lowest BCUT2D eigenvalue weighted by Crippen LogP contribution is -2.31. The Bertz CT molecular complexity index is 770. The van der Waals surface area contributed by atoms with Gasteiger partial charge >= 0.3 is 0 Å². The molecule has 2 rings (SSSR count). The van der Waals surface area contributed by atoms with Crippen molar-refractivity contribution in [2.45, 2.75) is 37.6 Å². The third-order valence-electron chi connectivity index (χ3n) is 4.24. The number of sulfonamides is 1. The largest absolute Gasteiger partial charge is 0.497 e. The van der Waals surface area contributed by atoms with Crippen LogP contribution in [0.15, 0.2) is 53.4 Å². The van der Waals surface area contributed by atoms with Gasteiger partial charge in [-0.1, -0.05) is 29.8 Å². The van der Waals surface area contributed by atoms with E-state index in [9.17, 15) is 8.42 Å². The maximum Gasteiger partial charge on any atom is 0.243 e. The van der Waals surface area contributed by atoms with Gasteiger partial charge in [-0.25, -0.2) is 8.42 Å². The number of aryl methyl sites for hydroxylation is 1. The molecule has 6 heteroatoms. The molecule has 142 valence electrons. The molecule has 0 aromatic heterocycles. The van der Waals surface area contributed by atoms with Crippen molar-refractivity contribution in [3.8, 4) is 5.75 Å². The van der Waals surface area contributed by atoms with Gasteiger partial charge in [-0.15, -0.1) is 0 Å². The van der Waals surface area contributed by atoms with Crippen LogP contribution in [0.3, 0.4) is 0 Å². The molecule has 0 spiro atoms. The molecule has 0 radical (unpaired) electrons. The summed E-state index contributed by atoms with van der Waals surface area (Å²) < 4.78 is 32.8. The molecular weight excluding hydrogens is 350 g/mol. The van der Waals surface area contributed by atoms with E-state index in [2.05, 4.69) is 0 Å². The fraction of sp³-hybridized carbons (Fsp3) is 0.400. The van der Waals surface area contributed by atoms with Crippen LogP contribution in [-0.2, 0) is 16.6 Å². The average Bonchev–Trinajstić information content (AvgIpc) is 2.65. The smallest absolute Gasteiger partial charge is 0.243 e. The normalized spacial score (nSPS) is 11.7. The first kappa shape index (κ1) is 20.4. The van der Waals surface area contributed by atoms with Gasteiger partial charge in [-0.3, -0.25) is 0 Å². The topological polar surface area (TPSA) is 66.8 Å². The maximum absolute atomic E-state index is 13.1. The molecule has 0 saturated carbocycles. The molecule has 0 aliphatic carbocycles. The van der Waals surface area contributed by atoms with E-state index in [1.807, 2.05) is 43.3 Å². The van der Waals surface area contributed by atoms with E-state index in [0.29, 0.717) is 30.8 Å². The zero-order valence-corrected chi connectivity index (χ0v) is 16.2. The maximum atomic E-state index is 13.1. The van der Waals surface area contributed by atoms with Crippen molar-refractivity contribution < 1.29 is 18.3 Å². The van der Waals surface area contributed by atoms with Crippen molar-refractivity contribution in [2.75, 3.05) is 20.3 Å². The number of aliphatic hydroxyl groups excluding tert-OH is 1. The zero-order chi connectivity index (χ0) is 19.0. The second-order valence-electron chi connectivity index (χ2n) is 6.28. The minimum Gasteiger partial charge on any atom is -0.497 e. The minimum atomic E-state index is -3.58. The van der Waals surface area contributed by atoms with Crippen LogP contribution in [0.2, 0.25) is 0 Å². The predicted octanol–water partition coefficient (Wildman–Crippen LogP) is 3.36. The molecule has 1 N–H and O–H groups in total. The molecule has 0 fully saturated rings. The number of hydrogen-bond donors (Lipinski definition) is 1. The summed E-state index contributed by atoms with van der Waals surface area (Å²) in [6.45, 7) is 2.78. The lowest BCUT2D eigenvalue weighted by molar-refractivity contribution is 0.279. The number of aliphatic hydroxyl groups is 1. The van der Waals surface area contributed by atoms with E-state index in [4.69, 9.17) is 9.84 Å². The molecule has 26 heavy (non-hydrogen) atoms. The molecule has 2 aromatic rings. The Balaban J connectivity index is 2.22. The van der Waals surface area contributed by atoms with Gasteiger partial charge < -0.3 is 9.84 Å². The van der Waals surface area contributed by atoms with Gasteiger partial charge in [-0.2, -0.15) is 4.31 Å². The van der Waals surface area contributed by atoms with E-state index in [-0.39, 0.29) is 6.61 Å². The molecule has 0 amide bonds. The Morgan fingerprint density at radius 3 is 2.19 bits per heavy atom. The number of hydrogen-bond acceptors (Lipinski definition) is 4. The van der Waals surface area contributed by atoms with E-state index in [1.165, 1.54) is 4.31 Å². The average molecular weight is 378 g/mol. The van der Waals surface area contributed by atoms with Gasteiger partial charge in [0.2, 0.25) is 10.0 Å². The molecule has 0 aliphatic heterocycles. The first-order valence-electron chi connectivity index (χ1n) is 8.78. The monoisotopic (exact) mass is 377 g/mol. The van der Waals surface area contributed by atoms with Crippen LogP contribution in [0.25, 0.3) is 0 Å². The minimum absolute atomic E-state index is 0.128. The summed E-state index contributed by atoms with van der Waals surface area (Å²) in [5.74, 6) is 0.740. The van der Waals surface area contributed by atoms with E-state index >= 15 is 0 Å². The van der Waals surface area contributed by atoms with Crippen molar-refractivity contribution in [3.05, 3.63) is 59.7 Å². The van der Waals surface area contributed by atoms with Gasteiger partial charge in [0.1, 0.15) is 5.75 Å². The Morgan fingerprint density at radius 2 is 1.62 bits per heavy atom. The van der Waals surface area contributed by atoms with Crippen LogP contribution in [0.1, 0.15) is 30.4 Å². The van der Waals surface area contributed by atoms with Crippen LogP contribution in [-0.4, -0.2) is 38.1 Å². The molecule has 5 nitrogen and oxygen atoms in total. The summed E-state index contributed by atoms with van der Waals surface area (Å²) in [5.41, 5.74) is 1.93. The number of benzene rings is 2. The van der Waals surface area contributed by atoms with Crippen molar-refractivity contribution in [1.29, 1.82) is 0 Å². The number of nitrogens with zero attached hydrogens (tertiary/aromatic N) is 1. The Hall–Kier alpha value is -1.89. The quantitative estimate of drug-likeness (QED) is 0.645. The highest BCUT2D eigenvalue weighted by molar-refractivity contribution is 7.89. The van der Waals surface area contributed by atoms with Gasteiger partial charge in [-0.05, 0) is 56.0 Å². The highest BCUT2D eigenvalue weighted by Gasteiger charge is 2.24. The van der Waals surface area contributed by atoms with Gasteiger partial charge in [0.15, 0.2) is 0 Å². The first-order valence-corrected chi connectivity index (χ1v) is 10.2. The van der Waals surface area contributed by atoms with E-state index < -0.39 is 10.0 Å². The summed E-state index contributed by atoms with van der Waals surface area (Å²) in [6.07, 6.45) is 2.18. The molecule has 2 aromatic carbocycles. The summed E-state index contributed by atoms with van der Waals surface area (Å²) in [7, 11) is -1.98. The van der Waals surface area contributed by atoms with Crippen molar-refractivity contribution >= 4 is 10.0 Å². The Kier molecular flexibility index (Phi) is 7.63. The second kappa shape index (κ2) is 9.71. The molecule has 0 atom stereocenters. The predicted molar refractivity (Wildman–Crippen MR) is 103 cm³/mol. The van der Waals surface area contributed by atoms with E-state index in [1.54, 1.807) is 19.2 Å². The van der Waals surface area contributed by atoms with Gasteiger partial charge in [0.05, 0.1) is 12.0 Å². The SMILES string of the molecule is COc1ccc(CN(CCCCCO)S(=O)(=O)c2ccc(C)cc2)cc1. The lowest BCUT2D eigenvalue weighted by Gasteiger charge is -2.22. The van der Waals surface area contributed by atoms with Crippen molar-refractivity contribution in [2.24, 2.45) is 0 Å². The summed E-state index contributed by atoms with van der Waals surface area (Å²) in [4.78, 5) is 0.304. The molecular formula is C20H27NO4S. The molecule has 0 bridgehead atoms. The molecule has 0 unspecified atom stereocenters. The van der Waals surface area contributed by atoms with Crippen LogP contribution >= 0.6 is 0 Å². The van der Waals surface area contributed by atoms with Crippen molar-refractivity contribution in [1.82, 2.24) is 4.31 Å². The summed E-state index contributed by atoms with van der Waals surface area (Å²) in [5, 5.41) is 8.94. The fourth-order valence-electron chi connectivity index (χ4n) is 2.65. The van der Waals surface area contributed by atoms with Crippen LogP contribution in [0, 0.1) is 6.92 Å². The molecule has 0 heterocycles. The number of ether oxygens (including phenoxy) is 1. The van der Waals surface area contributed by atoms with Crippen LogP contribution < -0.4 is 4.74 Å². The third-order valence-corrected chi connectivity index (χ3v) is 6.10. The van der Waals surface area contributed by atoms with E-state index in [0.717, 1.165) is 23.3 Å². The van der Waals surface area contributed by atoms with Gasteiger partial charge in [0.25, 0.3) is 0 Å².